The average Bonchev–Trinajstić information content (AvgIpc) is 2.25. The van der Waals surface area contributed by atoms with Gasteiger partial charge in [-0.15, -0.1) is 0 Å². The van der Waals surface area contributed by atoms with E-state index in [0.717, 1.165) is 0 Å². The van der Waals surface area contributed by atoms with E-state index in [2.05, 4.69) is 0 Å². The van der Waals surface area contributed by atoms with Gasteiger partial charge in [0.15, 0.2) is 0 Å². The van der Waals surface area contributed by atoms with Gasteiger partial charge in [-0.2, -0.15) is 0 Å². The van der Waals surface area contributed by atoms with E-state index in [9.17, 15) is 9.59 Å². The zero-order valence-electron chi connectivity index (χ0n) is 10.8. The first kappa shape index (κ1) is 20.4. The largest absolute Gasteiger partial charge is 0.478 e. The van der Waals surface area contributed by atoms with Gasteiger partial charge < -0.3 is 14.9 Å². The van der Waals surface area contributed by atoms with Gasteiger partial charge in [0.1, 0.15) is 0 Å². The summed E-state index contributed by atoms with van der Waals surface area (Å²) >= 11 is 0. The molecule has 0 amide bonds. The molecule has 0 spiro atoms. The van der Waals surface area contributed by atoms with Crippen molar-refractivity contribution in [1.29, 1.82) is 0 Å². The van der Waals surface area contributed by atoms with Crippen LogP contribution in [0.5, 0.6) is 0 Å². The number of benzene rings is 1. The van der Waals surface area contributed by atoms with Crippen molar-refractivity contribution in [3.8, 4) is 0 Å². The van der Waals surface area contributed by atoms with E-state index in [-0.39, 0.29) is 76.8 Å². The first-order valence-corrected chi connectivity index (χ1v) is 4.74. The Bertz CT molecular complexity index is 420. The molecule has 0 aliphatic rings. The molecule has 0 heterocycles. The SMILES string of the molecule is CCOCc1cccc(C(=O)O)c1C(=O)O.[Na].[Na]. The molecule has 88 valence electrons. The monoisotopic (exact) mass is 270 g/mol. The van der Waals surface area contributed by atoms with Crippen molar-refractivity contribution >= 4 is 71.1 Å². The average molecular weight is 270 g/mol. The maximum Gasteiger partial charge on any atom is 0.336 e. The summed E-state index contributed by atoms with van der Waals surface area (Å²) < 4.78 is 5.09. The van der Waals surface area contributed by atoms with E-state index in [1.165, 1.54) is 12.1 Å². The van der Waals surface area contributed by atoms with Crippen molar-refractivity contribution < 1.29 is 24.5 Å². The predicted molar refractivity (Wildman–Crippen MR) is 67.2 cm³/mol. The Morgan fingerprint density at radius 2 is 1.78 bits per heavy atom. The van der Waals surface area contributed by atoms with Crippen LogP contribution in [0.2, 0.25) is 0 Å². The number of hydrogen-bond donors (Lipinski definition) is 2. The number of carboxylic acid groups (broad SMARTS) is 2. The van der Waals surface area contributed by atoms with Crippen molar-refractivity contribution in [3.63, 3.8) is 0 Å². The van der Waals surface area contributed by atoms with Crippen LogP contribution in [0.15, 0.2) is 18.2 Å². The van der Waals surface area contributed by atoms with Gasteiger partial charge in [-0.25, -0.2) is 9.59 Å². The third kappa shape index (κ3) is 5.40. The van der Waals surface area contributed by atoms with E-state index >= 15 is 0 Å². The van der Waals surface area contributed by atoms with Crippen molar-refractivity contribution in [3.05, 3.63) is 34.9 Å². The Balaban J connectivity index is 0. The molecule has 1 aromatic carbocycles. The van der Waals surface area contributed by atoms with Crippen molar-refractivity contribution in [2.24, 2.45) is 0 Å². The molecule has 7 heteroatoms. The van der Waals surface area contributed by atoms with E-state index in [4.69, 9.17) is 14.9 Å². The van der Waals surface area contributed by atoms with Crippen molar-refractivity contribution in [2.45, 2.75) is 13.5 Å². The second-order valence-corrected chi connectivity index (χ2v) is 3.09. The minimum atomic E-state index is -1.26. The Kier molecular flexibility index (Phi) is 11.3. The van der Waals surface area contributed by atoms with E-state index in [1.54, 1.807) is 13.0 Å². The molecule has 1 aromatic rings. The molecule has 0 saturated heterocycles. The van der Waals surface area contributed by atoms with Crippen LogP contribution in [-0.4, -0.2) is 87.9 Å². The first-order chi connectivity index (χ1) is 7.57. The first-order valence-electron chi connectivity index (χ1n) is 4.74. The van der Waals surface area contributed by atoms with Crippen LogP contribution in [0.4, 0.5) is 0 Å². The van der Waals surface area contributed by atoms with Crippen LogP contribution in [-0.2, 0) is 11.3 Å². The number of carbonyl (C=O) groups is 2. The van der Waals surface area contributed by atoms with Crippen LogP contribution in [0.1, 0.15) is 33.2 Å². The minimum Gasteiger partial charge on any atom is -0.478 e. The summed E-state index contributed by atoms with van der Waals surface area (Å²) in [5.74, 6) is -2.51. The fourth-order valence-corrected chi connectivity index (χ4v) is 1.36. The molecule has 0 atom stereocenters. The number of hydrogen-bond acceptors (Lipinski definition) is 3. The summed E-state index contributed by atoms with van der Waals surface area (Å²) in [5.41, 5.74) is -0.0533. The summed E-state index contributed by atoms with van der Waals surface area (Å²) in [7, 11) is 0. The van der Waals surface area contributed by atoms with E-state index in [0.29, 0.717) is 12.2 Å². The molecule has 0 fully saturated rings. The molecule has 0 saturated carbocycles. The van der Waals surface area contributed by atoms with Gasteiger partial charge in [0.25, 0.3) is 0 Å². The second-order valence-electron chi connectivity index (χ2n) is 3.09. The van der Waals surface area contributed by atoms with Crippen LogP contribution in [0.3, 0.4) is 0 Å². The molecule has 0 aliphatic heterocycles. The van der Waals surface area contributed by atoms with Crippen LogP contribution < -0.4 is 0 Å². The number of aromatic carboxylic acids is 2. The molecule has 0 aliphatic carbocycles. The number of rotatable bonds is 5. The molecule has 2 radical (unpaired) electrons. The third-order valence-electron chi connectivity index (χ3n) is 2.06. The quantitative estimate of drug-likeness (QED) is 0.775. The topological polar surface area (TPSA) is 83.8 Å². The molecule has 18 heavy (non-hydrogen) atoms. The molecule has 5 nitrogen and oxygen atoms in total. The standard InChI is InChI=1S/C11H12O5.2Na/c1-2-16-6-7-4-3-5-8(10(12)13)9(7)11(14)15;;/h3-5H,2,6H2,1H3,(H,12,13)(H,14,15);;. The maximum atomic E-state index is 11.0. The number of carboxylic acids is 2. The fourth-order valence-electron chi connectivity index (χ4n) is 1.36. The van der Waals surface area contributed by atoms with Gasteiger partial charge in [0.2, 0.25) is 0 Å². The molecule has 0 unspecified atom stereocenters. The Hall–Kier alpha value is 0.120. The zero-order chi connectivity index (χ0) is 12.1. The van der Waals surface area contributed by atoms with Gasteiger partial charge in [0, 0.05) is 65.7 Å². The van der Waals surface area contributed by atoms with Gasteiger partial charge in [-0.1, -0.05) is 12.1 Å². The fraction of sp³-hybridized carbons (Fsp3) is 0.273. The number of ether oxygens (including phenoxy) is 1. The Morgan fingerprint density at radius 3 is 2.22 bits per heavy atom. The van der Waals surface area contributed by atoms with Gasteiger partial charge in [-0.3, -0.25) is 0 Å². The molecule has 2 N–H and O–H groups in total. The second kappa shape index (κ2) is 9.97. The molecule has 0 aromatic heterocycles. The Morgan fingerprint density at radius 1 is 1.17 bits per heavy atom. The van der Waals surface area contributed by atoms with Crippen LogP contribution in [0, 0.1) is 0 Å². The molecular weight excluding hydrogens is 258 g/mol. The Labute approximate surface area is 149 Å². The summed E-state index contributed by atoms with van der Waals surface area (Å²) in [5, 5.41) is 17.8. The summed E-state index contributed by atoms with van der Waals surface area (Å²) in [4.78, 5) is 21.8. The van der Waals surface area contributed by atoms with Crippen LogP contribution in [0.25, 0.3) is 0 Å². The van der Waals surface area contributed by atoms with Gasteiger partial charge >= 0.3 is 11.9 Å². The van der Waals surface area contributed by atoms with Crippen LogP contribution >= 0.6 is 0 Å². The normalized spacial score (nSPS) is 8.94. The summed E-state index contributed by atoms with van der Waals surface area (Å²) in [6.07, 6.45) is 0. The maximum absolute atomic E-state index is 11.0. The van der Waals surface area contributed by atoms with E-state index < -0.39 is 11.9 Å². The molecular formula is C11H12Na2O5. The molecule has 0 bridgehead atoms. The smallest absolute Gasteiger partial charge is 0.336 e. The minimum absolute atomic E-state index is 0. The van der Waals surface area contributed by atoms with Gasteiger partial charge in [-0.05, 0) is 18.6 Å². The van der Waals surface area contributed by atoms with Gasteiger partial charge in [0.05, 0.1) is 17.7 Å². The predicted octanol–water partition coefficient (Wildman–Crippen LogP) is 0.858. The third-order valence-corrected chi connectivity index (χ3v) is 2.06. The van der Waals surface area contributed by atoms with Crippen molar-refractivity contribution in [1.82, 2.24) is 0 Å². The molecule has 1 rings (SSSR count). The van der Waals surface area contributed by atoms with E-state index in [1.807, 2.05) is 0 Å². The summed E-state index contributed by atoms with van der Waals surface area (Å²) in [6, 6.07) is 4.32. The summed E-state index contributed by atoms with van der Waals surface area (Å²) in [6.45, 7) is 2.32. The van der Waals surface area contributed by atoms with Crippen molar-refractivity contribution in [2.75, 3.05) is 6.61 Å². The zero-order valence-corrected chi connectivity index (χ0v) is 14.8.